The summed E-state index contributed by atoms with van der Waals surface area (Å²) in [5.41, 5.74) is 3.38. The number of methoxy groups -OCH3 is 2. The number of hydrogen-bond acceptors (Lipinski definition) is 7. The van der Waals surface area contributed by atoms with Crippen molar-refractivity contribution in [3.8, 4) is 11.5 Å². The molecule has 0 saturated carbocycles. The van der Waals surface area contributed by atoms with Gasteiger partial charge in [0, 0.05) is 37.4 Å². The maximum absolute atomic E-state index is 5.85. The van der Waals surface area contributed by atoms with Gasteiger partial charge in [0.25, 0.3) is 0 Å². The van der Waals surface area contributed by atoms with Gasteiger partial charge in [-0.3, -0.25) is 4.90 Å². The molecule has 2 heterocycles. The predicted molar refractivity (Wildman–Crippen MR) is 135 cm³/mol. The summed E-state index contributed by atoms with van der Waals surface area (Å²) in [5.74, 6) is 2.19. The van der Waals surface area contributed by atoms with Gasteiger partial charge >= 0.3 is 0 Å². The van der Waals surface area contributed by atoms with E-state index in [1.807, 2.05) is 35.0 Å². The average molecular weight is 471 g/mol. The number of tetrazole rings is 1. The molecule has 0 spiro atoms. The quantitative estimate of drug-likeness (QED) is 0.389. The zero-order valence-electron chi connectivity index (χ0n) is 20.1. The van der Waals surface area contributed by atoms with Crippen LogP contribution in [0.1, 0.15) is 23.0 Å². The molecule has 0 bridgehead atoms. The van der Waals surface area contributed by atoms with E-state index in [1.165, 1.54) is 5.69 Å². The van der Waals surface area contributed by atoms with Crippen LogP contribution in [0.15, 0.2) is 78.9 Å². The zero-order chi connectivity index (χ0) is 24.0. The molecule has 180 valence electrons. The molecule has 1 aliphatic rings. The fourth-order valence-electron chi connectivity index (χ4n) is 4.78. The second-order valence-corrected chi connectivity index (χ2v) is 8.52. The summed E-state index contributed by atoms with van der Waals surface area (Å²) in [6, 6.07) is 26.6. The molecular weight excluding hydrogens is 440 g/mol. The van der Waals surface area contributed by atoms with Gasteiger partial charge in [0.15, 0.2) is 17.3 Å². The van der Waals surface area contributed by atoms with E-state index in [-0.39, 0.29) is 6.04 Å². The first-order valence-corrected chi connectivity index (χ1v) is 11.8. The minimum Gasteiger partial charge on any atom is -0.493 e. The molecule has 0 radical (unpaired) electrons. The van der Waals surface area contributed by atoms with Crippen LogP contribution >= 0.6 is 0 Å². The number of piperazine rings is 1. The van der Waals surface area contributed by atoms with Crippen molar-refractivity contribution in [2.75, 3.05) is 45.3 Å². The number of aromatic nitrogens is 4. The van der Waals surface area contributed by atoms with Crippen LogP contribution < -0.4 is 14.4 Å². The molecule has 8 nitrogen and oxygen atoms in total. The maximum atomic E-state index is 5.85. The molecule has 3 aromatic carbocycles. The van der Waals surface area contributed by atoms with E-state index in [9.17, 15) is 0 Å². The van der Waals surface area contributed by atoms with Crippen molar-refractivity contribution in [1.82, 2.24) is 25.1 Å². The largest absolute Gasteiger partial charge is 0.493 e. The Hall–Kier alpha value is -3.91. The molecule has 4 aromatic rings. The summed E-state index contributed by atoms with van der Waals surface area (Å²) >= 11 is 0. The highest BCUT2D eigenvalue weighted by Gasteiger charge is 2.33. The van der Waals surface area contributed by atoms with Crippen LogP contribution in [0.25, 0.3) is 0 Å². The first-order valence-electron chi connectivity index (χ1n) is 11.8. The molecule has 1 fully saturated rings. The maximum Gasteiger partial charge on any atom is 0.173 e. The van der Waals surface area contributed by atoms with Crippen LogP contribution in [0.2, 0.25) is 0 Å². The smallest absolute Gasteiger partial charge is 0.173 e. The Bertz CT molecular complexity index is 1220. The Morgan fingerprint density at radius 3 is 2.20 bits per heavy atom. The molecule has 8 heteroatoms. The van der Waals surface area contributed by atoms with Crippen molar-refractivity contribution in [2.24, 2.45) is 0 Å². The number of para-hydroxylation sites is 2. The lowest BCUT2D eigenvalue weighted by atomic mass is 10.0. The zero-order valence-corrected chi connectivity index (χ0v) is 20.1. The molecule has 0 aliphatic carbocycles. The highest BCUT2D eigenvalue weighted by Crippen LogP contribution is 2.40. The molecular formula is C27H30N6O2. The van der Waals surface area contributed by atoms with Crippen molar-refractivity contribution in [3.63, 3.8) is 0 Å². The summed E-state index contributed by atoms with van der Waals surface area (Å²) in [6.45, 7) is 4.13. The van der Waals surface area contributed by atoms with E-state index >= 15 is 0 Å². The van der Waals surface area contributed by atoms with E-state index in [1.54, 1.807) is 14.2 Å². The van der Waals surface area contributed by atoms with E-state index in [0.29, 0.717) is 18.0 Å². The Morgan fingerprint density at radius 1 is 0.800 bits per heavy atom. The number of anilines is 1. The second kappa shape index (κ2) is 10.6. The van der Waals surface area contributed by atoms with Crippen LogP contribution in [0.5, 0.6) is 11.5 Å². The standard InChI is InChI=1S/C27H30N6O2/c1-34-24-15-9-14-23(26(24)35-2)25(27-28-29-30-33(27)20-21-10-5-3-6-11-21)32-18-16-31(17-19-32)22-12-7-4-8-13-22/h3-15,25H,16-20H2,1-2H3/t25-/m0/s1. The SMILES string of the molecule is COc1cccc([C@@H](c2nnnn2Cc2ccccc2)N2CCN(c3ccccc3)CC2)c1OC. The molecule has 1 aromatic heterocycles. The van der Waals surface area contributed by atoms with Crippen LogP contribution in [0, 0.1) is 0 Å². The van der Waals surface area contributed by atoms with Crippen LogP contribution in [0.3, 0.4) is 0 Å². The highest BCUT2D eigenvalue weighted by molar-refractivity contribution is 5.50. The number of ether oxygens (including phenoxy) is 2. The van der Waals surface area contributed by atoms with Crippen LogP contribution in [-0.4, -0.2) is 65.5 Å². The van der Waals surface area contributed by atoms with Crippen molar-refractivity contribution in [2.45, 2.75) is 12.6 Å². The number of benzene rings is 3. The van der Waals surface area contributed by atoms with Gasteiger partial charge in [0.1, 0.15) is 6.04 Å². The van der Waals surface area contributed by atoms with Crippen LogP contribution in [-0.2, 0) is 6.54 Å². The highest BCUT2D eigenvalue weighted by atomic mass is 16.5. The molecule has 35 heavy (non-hydrogen) atoms. The Kier molecular flexibility index (Phi) is 6.90. The first-order chi connectivity index (χ1) is 17.3. The third-order valence-electron chi connectivity index (χ3n) is 6.51. The van der Waals surface area contributed by atoms with E-state index in [0.717, 1.165) is 43.1 Å². The average Bonchev–Trinajstić information content (AvgIpc) is 3.37. The summed E-state index contributed by atoms with van der Waals surface area (Å²) < 4.78 is 13.4. The van der Waals surface area contributed by atoms with Crippen molar-refractivity contribution >= 4 is 5.69 Å². The van der Waals surface area contributed by atoms with Gasteiger partial charge < -0.3 is 14.4 Å². The van der Waals surface area contributed by atoms with E-state index in [2.05, 4.69) is 73.9 Å². The van der Waals surface area contributed by atoms with Gasteiger partial charge in [-0.2, -0.15) is 0 Å². The number of hydrogen-bond donors (Lipinski definition) is 0. The normalized spacial score (nSPS) is 15.1. The third-order valence-corrected chi connectivity index (χ3v) is 6.51. The topological polar surface area (TPSA) is 68.5 Å². The fraction of sp³-hybridized carbons (Fsp3) is 0.296. The minimum absolute atomic E-state index is 0.184. The molecule has 5 rings (SSSR count). The molecule has 0 amide bonds. The molecule has 0 N–H and O–H groups in total. The third kappa shape index (κ3) is 4.83. The lowest BCUT2D eigenvalue weighted by Gasteiger charge is -2.40. The summed E-state index contributed by atoms with van der Waals surface area (Å²) in [5, 5.41) is 13.0. The molecule has 1 aliphatic heterocycles. The van der Waals surface area contributed by atoms with Gasteiger partial charge in [-0.05, 0) is 34.2 Å². The van der Waals surface area contributed by atoms with Crippen molar-refractivity contribution in [1.29, 1.82) is 0 Å². The molecule has 1 saturated heterocycles. The van der Waals surface area contributed by atoms with Crippen LogP contribution in [0.4, 0.5) is 5.69 Å². The van der Waals surface area contributed by atoms with Gasteiger partial charge in [-0.1, -0.05) is 60.7 Å². The Labute approximate surface area is 205 Å². The number of nitrogens with zero attached hydrogens (tertiary/aromatic N) is 6. The lowest BCUT2D eigenvalue weighted by molar-refractivity contribution is 0.197. The Balaban J connectivity index is 1.50. The van der Waals surface area contributed by atoms with Gasteiger partial charge in [-0.15, -0.1) is 5.10 Å². The second-order valence-electron chi connectivity index (χ2n) is 8.52. The monoisotopic (exact) mass is 470 g/mol. The Morgan fingerprint density at radius 2 is 1.51 bits per heavy atom. The summed E-state index contributed by atoms with van der Waals surface area (Å²) in [6.07, 6.45) is 0. The van der Waals surface area contributed by atoms with E-state index in [4.69, 9.17) is 9.47 Å². The predicted octanol–water partition coefficient (Wildman–Crippen LogP) is 3.65. The first kappa shape index (κ1) is 22.9. The van der Waals surface area contributed by atoms with Crippen molar-refractivity contribution < 1.29 is 9.47 Å². The van der Waals surface area contributed by atoms with Gasteiger partial charge in [0.05, 0.1) is 20.8 Å². The van der Waals surface area contributed by atoms with Crippen molar-refractivity contribution in [3.05, 3.63) is 95.8 Å². The minimum atomic E-state index is -0.184. The lowest BCUT2D eigenvalue weighted by Crippen LogP contribution is -2.48. The van der Waals surface area contributed by atoms with Gasteiger partial charge in [0.2, 0.25) is 0 Å². The van der Waals surface area contributed by atoms with Gasteiger partial charge in [-0.25, -0.2) is 4.68 Å². The summed E-state index contributed by atoms with van der Waals surface area (Å²) in [4.78, 5) is 4.85. The van der Waals surface area contributed by atoms with E-state index < -0.39 is 0 Å². The number of rotatable bonds is 8. The summed E-state index contributed by atoms with van der Waals surface area (Å²) in [7, 11) is 3.34. The fourth-order valence-corrected chi connectivity index (χ4v) is 4.78. The molecule has 0 unspecified atom stereocenters. The molecule has 1 atom stereocenters.